The molecule has 7 heteroatoms. The van der Waals surface area contributed by atoms with Crippen LogP contribution < -0.4 is 5.46 Å². The summed E-state index contributed by atoms with van der Waals surface area (Å²) in [5, 5.41) is 0. The van der Waals surface area contributed by atoms with E-state index in [2.05, 4.69) is 0 Å². The number of hydrogen-bond acceptors (Lipinski definition) is 4. The molecule has 21 heavy (non-hydrogen) atoms. The quantitative estimate of drug-likeness (QED) is 0.488. The molecule has 1 heterocycles. The van der Waals surface area contributed by atoms with Gasteiger partial charge in [-0.15, -0.1) is 0 Å². The van der Waals surface area contributed by atoms with Gasteiger partial charge in [0.25, 0.3) is 0 Å². The molecule has 1 fully saturated rings. The van der Waals surface area contributed by atoms with Crippen molar-refractivity contribution in [3.63, 3.8) is 0 Å². The Kier molecular flexibility index (Phi) is 4.33. The maximum absolute atomic E-state index is 13.8. The Labute approximate surface area is 128 Å². The molecule has 1 saturated heterocycles. The van der Waals surface area contributed by atoms with E-state index in [1.54, 1.807) is 45.0 Å². The summed E-state index contributed by atoms with van der Waals surface area (Å²) >= 11 is 5.63. The molecule has 1 aromatic carbocycles. The van der Waals surface area contributed by atoms with E-state index in [1.807, 2.05) is 0 Å². The fourth-order valence-corrected chi connectivity index (χ4v) is 2.53. The van der Waals surface area contributed by atoms with Crippen LogP contribution in [0.2, 0.25) is 0 Å². The highest BCUT2D eigenvalue weighted by molar-refractivity contribution is 6.63. The van der Waals surface area contributed by atoms with Gasteiger partial charge in [-0.1, -0.05) is 29.8 Å². The highest BCUT2D eigenvalue weighted by Crippen LogP contribution is 2.42. The van der Waals surface area contributed by atoms with E-state index < -0.39 is 29.9 Å². The highest BCUT2D eigenvalue weighted by Gasteiger charge is 2.59. The Balaban J connectivity index is 2.40. The molecule has 0 bridgehead atoms. The lowest BCUT2D eigenvalue weighted by atomic mass is 9.76. The SMILES string of the molecule is COC(=O)c1ccccc1B1OC(C)(C)C(C)(C(F)Cl)O1. The van der Waals surface area contributed by atoms with Crippen LogP contribution in [-0.2, 0) is 14.0 Å². The molecule has 0 amide bonds. The van der Waals surface area contributed by atoms with Gasteiger partial charge in [-0.25, -0.2) is 9.18 Å². The maximum atomic E-state index is 13.8. The Hall–Kier alpha value is -1.11. The van der Waals surface area contributed by atoms with Gasteiger partial charge in [0, 0.05) is 0 Å². The van der Waals surface area contributed by atoms with Crippen molar-refractivity contribution in [2.24, 2.45) is 0 Å². The number of carbonyl (C=O) groups excluding carboxylic acids is 1. The van der Waals surface area contributed by atoms with Crippen LogP contribution in [0.15, 0.2) is 24.3 Å². The van der Waals surface area contributed by atoms with Gasteiger partial charge >= 0.3 is 13.1 Å². The summed E-state index contributed by atoms with van der Waals surface area (Å²) in [5.41, 5.74) is -3.24. The number of halogens is 2. The van der Waals surface area contributed by atoms with Crippen LogP contribution in [0, 0.1) is 0 Å². The van der Waals surface area contributed by atoms with Crippen LogP contribution >= 0.6 is 11.6 Å². The zero-order valence-corrected chi connectivity index (χ0v) is 13.1. The van der Waals surface area contributed by atoms with Gasteiger partial charge in [0.1, 0.15) is 5.60 Å². The lowest BCUT2D eigenvalue weighted by Crippen LogP contribution is -2.50. The molecule has 0 spiro atoms. The van der Waals surface area contributed by atoms with Crippen molar-refractivity contribution in [1.29, 1.82) is 0 Å². The van der Waals surface area contributed by atoms with Crippen molar-refractivity contribution >= 4 is 30.2 Å². The zero-order chi connectivity index (χ0) is 15.8. The van der Waals surface area contributed by atoms with Crippen LogP contribution in [-0.4, -0.2) is 37.0 Å². The summed E-state index contributed by atoms with van der Waals surface area (Å²) < 4.78 is 30.0. The second-order valence-corrected chi connectivity index (χ2v) is 5.95. The third kappa shape index (κ3) is 2.68. The molecule has 0 aliphatic carbocycles. The van der Waals surface area contributed by atoms with Crippen molar-refractivity contribution < 1.29 is 23.2 Å². The standard InChI is InChI=1S/C14H17BClFO4/c1-13(2)14(3,12(16)17)21-15(20-13)10-8-6-5-7-9(10)11(18)19-4/h5-8,12H,1-4H3. The van der Waals surface area contributed by atoms with Gasteiger partial charge in [-0.2, -0.15) is 0 Å². The van der Waals surface area contributed by atoms with Crippen LogP contribution in [0.5, 0.6) is 0 Å². The first-order chi connectivity index (χ1) is 9.73. The lowest BCUT2D eigenvalue weighted by Gasteiger charge is -2.36. The summed E-state index contributed by atoms with van der Waals surface area (Å²) in [6.45, 7) is 4.94. The van der Waals surface area contributed by atoms with Crippen LogP contribution in [0.1, 0.15) is 31.1 Å². The number of benzene rings is 1. The predicted molar refractivity (Wildman–Crippen MR) is 78.6 cm³/mol. The highest BCUT2D eigenvalue weighted by atomic mass is 35.5. The van der Waals surface area contributed by atoms with Gasteiger partial charge in [0.2, 0.25) is 5.63 Å². The summed E-state index contributed by atoms with van der Waals surface area (Å²) in [7, 11) is 0.400. The predicted octanol–water partition coefficient (Wildman–Crippen LogP) is 2.29. The molecular formula is C14H17BClFO4. The van der Waals surface area contributed by atoms with Crippen molar-refractivity contribution in [1.82, 2.24) is 0 Å². The third-order valence-corrected chi connectivity index (χ3v) is 4.40. The zero-order valence-electron chi connectivity index (χ0n) is 12.4. The minimum atomic E-state index is -1.75. The van der Waals surface area contributed by atoms with Gasteiger partial charge in [0.05, 0.1) is 18.3 Å². The number of ether oxygens (including phenoxy) is 1. The van der Waals surface area contributed by atoms with Crippen molar-refractivity contribution in [2.45, 2.75) is 37.6 Å². The van der Waals surface area contributed by atoms with E-state index >= 15 is 0 Å². The number of hydrogen-bond donors (Lipinski definition) is 0. The Morgan fingerprint density at radius 1 is 1.33 bits per heavy atom. The molecule has 0 N–H and O–H groups in total. The molecule has 1 aliphatic heterocycles. The summed E-state index contributed by atoms with van der Waals surface area (Å²) in [6, 6.07) is 6.73. The van der Waals surface area contributed by atoms with Gasteiger partial charge < -0.3 is 14.0 Å². The fraction of sp³-hybridized carbons (Fsp3) is 0.500. The van der Waals surface area contributed by atoms with Gasteiger partial charge in [0.15, 0.2) is 0 Å². The second-order valence-electron chi connectivity index (χ2n) is 5.56. The third-order valence-electron chi connectivity index (χ3n) is 3.99. The minimum absolute atomic E-state index is 0.315. The molecule has 2 unspecified atom stereocenters. The monoisotopic (exact) mass is 314 g/mol. The number of esters is 1. The van der Waals surface area contributed by atoms with Crippen LogP contribution in [0.3, 0.4) is 0 Å². The van der Waals surface area contributed by atoms with Crippen LogP contribution in [0.25, 0.3) is 0 Å². The minimum Gasteiger partial charge on any atom is -0.465 e. The van der Waals surface area contributed by atoms with Gasteiger partial charge in [-0.05, 0) is 32.3 Å². The lowest BCUT2D eigenvalue weighted by molar-refractivity contribution is -0.0398. The first-order valence-corrected chi connectivity index (χ1v) is 6.97. The average molecular weight is 315 g/mol. The molecule has 0 radical (unpaired) electrons. The number of methoxy groups -OCH3 is 1. The molecular weight excluding hydrogens is 297 g/mol. The van der Waals surface area contributed by atoms with E-state index in [4.69, 9.17) is 25.6 Å². The maximum Gasteiger partial charge on any atom is 0.495 e. The van der Waals surface area contributed by atoms with Crippen LogP contribution in [0.4, 0.5) is 4.39 Å². The molecule has 0 saturated carbocycles. The van der Waals surface area contributed by atoms with Gasteiger partial charge in [-0.3, -0.25) is 0 Å². The second kappa shape index (κ2) is 5.59. The summed E-state index contributed by atoms with van der Waals surface area (Å²) in [5.74, 6) is -0.508. The van der Waals surface area contributed by atoms with E-state index in [0.717, 1.165) is 0 Å². The normalized spacial score (nSPS) is 25.7. The molecule has 0 aromatic heterocycles. The average Bonchev–Trinajstić information content (AvgIpc) is 2.69. The molecule has 2 atom stereocenters. The van der Waals surface area contributed by atoms with Crippen molar-refractivity contribution in [3.8, 4) is 0 Å². The Morgan fingerprint density at radius 2 is 1.95 bits per heavy atom. The molecule has 4 nitrogen and oxygen atoms in total. The topological polar surface area (TPSA) is 44.8 Å². The Bertz CT molecular complexity index is 552. The first-order valence-electron chi connectivity index (χ1n) is 6.54. The van der Waals surface area contributed by atoms with E-state index in [1.165, 1.54) is 7.11 Å². The van der Waals surface area contributed by atoms with Crippen molar-refractivity contribution in [2.75, 3.05) is 7.11 Å². The number of carbonyl (C=O) groups is 1. The molecule has 114 valence electrons. The number of rotatable bonds is 3. The summed E-state index contributed by atoms with van der Waals surface area (Å²) in [6.07, 6.45) is 0. The molecule has 1 aliphatic rings. The van der Waals surface area contributed by atoms with E-state index in [-0.39, 0.29) is 0 Å². The molecule has 2 rings (SSSR count). The number of alkyl halides is 2. The van der Waals surface area contributed by atoms with E-state index in [9.17, 15) is 9.18 Å². The largest absolute Gasteiger partial charge is 0.495 e. The summed E-state index contributed by atoms with van der Waals surface area (Å²) in [4.78, 5) is 11.8. The smallest absolute Gasteiger partial charge is 0.465 e. The fourth-order valence-electron chi connectivity index (χ4n) is 2.21. The van der Waals surface area contributed by atoms with Crippen molar-refractivity contribution in [3.05, 3.63) is 29.8 Å². The Morgan fingerprint density at radius 3 is 2.48 bits per heavy atom. The van der Waals surface area contributed by atoms with E-state index in [0.29, 0.717) is 11.0 Å². The molecule has 1 aromatic rings. The first kappa shape index (κ1) is 16.3.